The number of nitrogens with two attached hydrogens (primary N) is 1. The SMILES string of the molecule is NC(=O)c1ccnc2c(-c3cccc(F)c3)n[nH]c12. The molecule has 0 aliphatic carbocycles. The van der Waals surface area contributed by atoms with E-state index in [0.29, 0.717) is 27.9 Å². The van der Waals surface area contributed by atoms with Crippen LogP contribution in [-0.4, -0.2) is 21.1 Å². The first-order chi connectivity index (χ1) is 9.16. The molecule has 0 spiro atoms. The molecular formula is C13H9FN4O. The minimum atomic E-state index is -0.568. The maximum absolute atomic E-state index is 13.2. The Morgan fingerprint density at radius 3 is 2.89 bits per heavy atom. The van der Waals surface area contributed by atoms with Gasteiger partial charge in [-0.2, -0.15) is 5.10 Å². The number of halogens is 1. The summed E-state index contributed by atoms with van der Waals surface area (Å²) in [5.41, 5.74) is 7.59. The van der Waals surface area contributed by atoms with Gasteiger partial charge in [-0.25, -0.2) is 4.39 Å². The lowest BCUT2D eigenvalue weighted by atomic mass is 10.1. The maximum Gasteiger partial charge on any atom is 0.251 e. The summed E-state index contributed by atoms with van der Waals surface area (Å²) >= 11 is 0. The molecule has 0 bridgehead atoms. The molecule has 5 nitrogen and oxygen atoms in total. The Balaban J connectivity index is 2.27. The summed E-state index contributed by atoms with van der Waals surface area (Å²) in [4.78, 5) is 15.5. The molecular weight excluding hydrogens is 247 g/mol. The zero-order valence-electron chi connectivity index (χ0n) is 9.72. The van der Waals surface area contributed by atoms with Gasteiger partial charge >= 0.3 is 0 Å². The van der Waals surface area contributed by atoms with Crippen LogP contribution in [0.1, 0.15) is 10.4 Å². The minimum absolute atomic E-state index is 0.306. The second-order valence-electron chi connectivity index (χ2n) is 4.03. The molecule has 1 amide bonds. The van der Waals surface area contributed by atoms with E-state index >= 15 is 0 Å². The zero-order valence-corrected chi connectivity index (χ0v) is 9.72. The Bertz CT molecular complexity index is 781. The monoisotopic (exact) mass is 256 g/mol. The molecule has 0 atom stereocenters. The van der Waals surface area contributed by atoms with Crippen molar-refractivity contribution in [3.8, 4) is 11.3 Å². The number of carbonyl (C=O) groups is 1. The third kappa shape index (κ3) is 1.83. The molecule has 0 saturated heterocycles. The molecule has 0 fully saturated rings. The van der Waals surface area contributed by atoms with Crippen LogP contribution in [0.15, 0.2) is 36.5 Å². The van der Waals surface area contributed by atoms with Gasteiger partial charge in [0.05, 0.1) is 11.1 Å². The first kappa shape index (κ1) is 11.3. The van der Waals surface area contributed by atoms with E-state index in [4.69, 9.17) is 5.73 Å². The van der Waals surface area contributed by atoms with Gasteiger partial charge in [-0.1, -0.05) is 12.1 Å². The highest BCUT2D eigenvalue weighted by Crippen LogP contribution is 2.26. The summed E-state index contributed by atoms with van der Waals surface area (Å²) in [6.07, 6.45) is 1.47. The van der Waals surface area contributed by atoms with Crippen molar-refractivity contribution in [3.05, 3.63) is 47.9 Å². The van der Waals surface area contributed by atoms with E-state index in [9.17, 15) is 9.18 Å². The van der Waals surface area contributed by atoms with Gasteiger partial charge in [0, 0.05) is 11.8 Å². The van der Waals surface area contributed by atoms with Crippen molar-refractivity contribution in [2.75, 3.05) is 0 Å². The Morgan fingerprint density at radius 2 is 2.16 bits per heavy atom. The molecule has 0 unspecified atom stereocenters. The third-order valence-electron chi connectivity index (χ3n) is 2.82. The fourth-order valence-electron chi connectivity index (χ4n) is 1.96. The summed E-state index contributed by atoms with van der Waals surface area (Å²) in [6, 6.07) is 7.52. The molecule has 2 heterocycles. The number of nitrogens with zero attached hydrogens (tertiary/aromatic N) is 2. The van der Waals surface area contributed by atoms with Crippen LogP contribution >= 0.6 is 0 Å². The highest BCUT2D eigenvalue weighted by atomic mass is 19.1. The molecule has 3 aromatic rings. The minimum Gasteiger partial charge on any atom is -0.366 e. The molecule has 0 radical (unpaired) electrons. The van der Waals surface area contributed by atoms with Gasteiger partial charge in [0.2, 0.25) is 0 Å². The molecule has 6 heteroatoms. The predicted molar refractivity (Wildman–Crippen MR) is 67.8 cm³/mol. The first-order valence-corrected chi connectivity index (χ1v) is 5.55. The van der Waals surface area contributed by atoms with Gasteiger partial charge in [0.15, 0.2) is 0 Å². The van der Waals surface area contributed by atoms with Crippen molar-refractivity contribution < 1.29 is 9.18 Å². The normalized spacial score (nSPS) is 10.8. The number of hydrogen-bond acceptors (Lipinski definition) is 3. The largest absolute Gasteiger partial charge is 0.366 e. The Morgan fingerprint density at radius 1 is 1.32 bits per heavy atom. The Hall–Kier alpha value is -2.76. The molecule has 2 aromatic heterocycles. The van der Waals surface area contributed by atoms with E-state index in [1.807, 2.05) is 0 Å². The average Bonchev–Trinajstić information content (AvgIpc) is 2.82. The summed E-state index contributed by atoms with van der Waals surface area (Å²) < 4.78 is 13.2. The quantitative estimate of drug-likeness (QED) is 0.734. The van der Waals surface area contributed by atoms with Crippen molar-refractivity contribution in [1.29, 1.82) is 0 Å². The fourth-order valence-corrected chi connectivity index (χ4v) is 1.96. The van der Waals surface area contributed by atoms with Crippen LogP contribution in [0, 0.1) is 5.82 Å². The number of aromatic amines is 1. The number of H-pyrrole nitrogens is 1. The van der Waals surface area contributed by atoms with E-state index in [0.717, 1.165) is 0 Å². The summed E-state index contributed by atoms with van der Waals surface area (Å²) in [5, 5.41) is 6.81. The summed E-state index contributed by atoms with van der Waals surface area (Å²) in [6.45, 7) is 0. The zero-order chi connectivity index (χ0) is 13.4. The number of carbonyl (C=O) groups excluding carboxylic acids is 1. The molecule has 19 heavy (non-hydrogen) atoms. The number of benzene rings is 1. The number of rotatable bonds is 2. The number of fused-ring (bicyclic) bond motifs is 1. The van der Waals surface area contributed by atoms with E-state index in [1.54, 1.807) is 12.1 Å². The highest BCUT2D eigenvalue weighted by Gasteiger charge is 2.14. The van der Waals surface area contributed by atoms with Crippen molar-refractivity contribution in [2.24, 2.45) is 5.73 Å². The predicted octanol–water partition coefficient (Wildman–Crippen LogP) is 1.86. The van der Waals surface area contributed by atoms with Gasteiger partial charge in [0.25, 0.3) is 5.91 Å². The molecule has 0 aliphatic rings. The standard InChI is InChI=1S/C13H9FN4O/c14-8-3-1-2-7(6-8)10-12-11(18-17-10)9(13(15)19)4-5-16-12/h1-6H,(H2,15,19)(H,17,18). The van der Waals surface area contributed by atoms with Crippen molar-refractivity contribution in [1.82, 2.24) is 15.2 Å². The molecule has 1 aromatic carbocycles. The second kappa shape index (κ2) is 4.16. The van der Waals surface area contributed by atoms with Crippen LogP contribution in [0.2, 0.25) is 0 Å². The smallest absolute Gasteiger partial charge is 0.251 e. The van der Waals surface area contributed by atoms with E-state index in [-0.39, 0.29) is 5.82 Å². The number of amides is 1. The molecule has 0 aliphatic heterocycles. The number of hydrogen-bond donors (Lipinski definition) is 2. The molecule has 94 valence electrons. The van der Waals surface area contributed by atoms with Gasteiger partial charge in [-0.05, 0) is 18.2 Å². The van der Waals surface area contributed by atoms with Crippen LogP contribution in [0.5, 0.6) is 0 Å². The van der Waals surface area contributed by atoms with Gasteiger partial charge in [-0.3, -0.25) is 14.9 Å². The molecule has 0 saturated carbocycles. The molecule has 3 rings (SSSR count). The van der Waals surface area contributed by atoms with Gasteiger partial charge in [-0.15, -0.1) is 0 Å². The number of nitrogens with one attached hydrogen (secondary N) is 1. The summed E-state index contributed by atoms with van der Waals surface area (Å²) in [7, 11) is 0. The summed E-state index contributed by atoms with van der Waals surface area (Å²) in [5.74, 6) is -0.929. The molecule has 3 N–H and O–H groups in total. The third-order valence-corrected chi connectivity index (χ3v) is 2.82. The lowest BCUT2D eigenvalue weighted by molar-refractivity contribution is 0.100. The Kier molecular flexibility index (Phi) is 2.49. The second-order valence-corrected chi connectivity index (χ2v) is 4.03. The highest BCUT2D eigenvalue weighted by molar-refractivity contribution is 6.06. The lowest BCUT2D eigenvalue weighted by Gasteiger charge is -1.99. The number of primary amides is 1. The van der Waals surface area contributed by atoms with Crippen LogP contribution in [0.4, 0.5) is 4.39 Å². The number of pyridine rings is 1. The van der Waals surface area contributed by atoms with Crippen LogP contribution in [0.3, 0.4) is 0 Å². The van der Waals surface area contributed by atoms with E-state index < -0.39 is 5.91 Å². The van der Waals surface area contributed by atoms with Crippen LogP contribution in [0.25, 0.3) is 22.3 Å². The van der Waals surface area contributed by atoms with Crippen molar-refractivity contribution in [2.45, 2.75) is 0 Å². The fraction of sp³-hybridized carbons (Fsp3) is 0. The van der Waals surface area contributed by atoms with Gasteiger partial charge < -0.3 is 5.73 Å². The van der Waals surface area contributed by atoms with Crippen LogP contribution < -0.4 is 5.73 Å². The van der Waals surface area contributed by atoms with E-state index in [2.05, 4.69) is 15.2 Å². The topological polar surface area (TPSA) is 84.7 Å². The Labute approximate surface area is 107 Å². The average molecular weight is 256 g/mol. The van der Waals surface area contributed by atoms with Crippen molar-refractivity contribution in [3.63, 3.8) is 0 Å². The van der Waals surface area contributed by atoms with Crippen molar-refractivity contribution >= 4 is 16.9 Å². The van der Waals surface area contributed by atoms with E-state index in [1.165, 1.54) is 24.4 Å². The first-order valence-electron chi connectivity index (χ1n) is 5.55. The van der Waals surface area contributed by atoms with Crippen LogP contribution in [-0.2, 0) is 0 Å². The van der Waals surface area contributed by atoms with Gasteiger partial charge in [0.1, 0.15) is 17.0 Å². The number of aromatic nitrogens is 3. The lowest BCUT2D eigenvalue weighted by Crippen LogP contribution is -2.11. The maximum atomic E-state index is 13.2.